The molecule has 1 fully saturated rings. The highest BCUT2D eigenvalue weighted by atomic mass is 79.9. The minimum absolute atomic E-state index is 0.0545. The number of alkyl halides is 3. The molecule has 4 nitrogen and oxygen atoms in total. The van der Waals surface area contributed by atoms with Crippen LogP contribution in [0.1, 0.15) is 22.8 Å². The number of nitrogens with zero attached hydrogens (tertiary/aromatic N) is 2. The zero-order chi connectivity index (χ0) is 22.2. The average Bonchev–Trinajstić information content (AvgIpc) is 2.66. The summed E-state index contributed by atoms with van der Waals surface area (Å²) in [6, 6.07) is 4.54. The second-order valence-electron chi connectivity index (χ2n) is 7.20. The van der Waals surface area contributed by atoms with Gasteiger partial charge in [-0.2, -0.15) is 13.2 Å². The van der Waals surface area contributed by atoms with Crippen molar-refractivity contribution >= 4 is 33.2 Å². The molecule has 0 radical (unpaired) electrons. The van der Waals surface area contributed by atoms with Crippen LogP contribution in [0.25, 0.3) is 0 Å². The maximum absolute atomic E-state index is 14.2. The van der Waals surface area contributed by atoms with Gasteiger partial charge in [0.2, 0.25) is 0 Å². The van der Waals surface area contributed by atoms with Crippen molar-refractivity contribution < 1.29 is 26.7 Å². The number of carbonyl (C=O) groups is 1. The minimum atomic E-state index is -4.91. The Kier molecular flexibility index (Phi) is 6.37. The number of nitrogens with one attached hydrogen (secondary N) is 1. The number of hydrogen-bond acceptors (Lipinski definition) is 3. The first-order valence-electron chi connectivity index (χ1n) is 9.09. The molecular formula is C20H19BrF5N3O. The number of hydrogen-bond donors (Lipinski definition) is 1. The normalized spacial score (nSPS) is 17.9. The molecule has 0 saturated carbocycles. The minimum Gasteiger partial charge on any atom is -0.367 e. The Morgan fingerprint density at radius 2 is 1.87 bits per heavy atom. The zero-order valence-electron chi connectivity index (χ0n) is 16.2. The second kappa shape index (κ2) is 8.50. The SMILES string of the molecule is C[C@H]1CN(c2cc(F)c(Br)cc2NC(=O)c2ccc(F)cc2C(F)(F)F)CCN1C. The topological polar surface area (TPSA) is 35.6 Å². The van der Waals surface area contributed by atoms with E-state index in [1.807, 2.05) is 18.9 Å². The zero-order valence-corrected chi connectivity index (χ0v) is 17.7. The Labute approximate surface area is 178 Å². The summed E-state index contributed by atoms with van der Waals surface area (Å²) in [5.74, 6) is -2.73. The molecule has 162 valence electrons. The highest BCUT2D eigenvalue weighted by Gasteiger charge is 2.36. The molecule has 1 amide bonds. The molecule has 1 aliphatic rings. The summed E-state index contributed by atoms with van der Waals surface area (Å²) in [7, 11) is 1.96. The number of carbonyl (C=O) groups excluding carboxylic acids is 1. The Morgan fingerprint density at radius 3 is 2.50 bits per heavy atom. The van der Waals surface area contributed by atoms with Gasteiger partial charge in [-0.05, 0) is 54.2 Å². The van der Waals surface area contributed by atoms with Crippen molar-refractivity contribution in [3.8, 4) is 0 Å². The van der Waals surface area contributed by atoms with Crippen LogP contribution in [-0.2, 0) is 6.18 Å². The number of benzene rings is 2. The van der Waals surface area contributed by atoms with Gasteiger partial charge >= 0.3 is 6.18 Å². The molecule has 10 heteroatoms. The van der Waals surface area contributed by atoms with E-state index in [0.29, 0.717) is 25.3 Å². The molecule has 30 heavy (non-hydrogen) atoms. The number of anilines is 2. The van der Waals surface area contributed by atoms with Gasteiger partial charge in [0.15, 0.2) is 0 Å². The average molecular weight is 492 g/mol. The first-order valence-corrected chi connectivity index (χ1v) is 9.89. The molecule has 1 aliphatic heterocycles. The fourth-order valence-electron chi connectivity index (χ4n) is 3.30. The molecule has 3 rings (SSSR count). The fourth-order valence-corrected chi connectivity index (χ4v) is 3.65. The van der Waals surface area contributed by atoms with Crippen LogP contribution < -0.4 is 10.2 Å². The Hall–Kier alpha value is -2.20. The van der Waals surface area contributed by atoms with Crippen LogP contribution in [0.5, 0.6) is 0 Å². The Morgan fingerprint density at radius 1 is 1.17 bits per heavy atom. The van der Waals surface area contributed by atoms with Crippen molar-refractivity contribution in [2.24, 2.45) is 0 Å². The standard InChI is InChI=1S/C20H19BrF5N3O/c1-11-10-29(6-5-28(11)2)18-9-16(23)15(21)8-17(18)27-19(30)13-4-3-12(22)7-14(13)20(24,25)26/h3-4,7-9,11H,5-6,10H2,1-2H3,(H,27,30)/t11-/m0/s1. The summed E-state index contributed by atoms with van der Waals surface area (Å²) in [5.41, 5.74) is -1.58. The van der Waals surface area contributed by atoms with Crippen LogP contribution in [0.3, 0.4) is 0 Å². The molecule has 1 saturated heterocycles. The van der Waals surface area contributed by atoms with Gasteiger partial charge in [0.1, 0.15) is 11.6 Å². The van der Waals surface area contributed by atoms with Crippen molar-refractivity contribution in [2.45, 2.75) is 19.1 Å². The van der Waals surface area contributed by atoms with Crippen LogP contribution in [0.4, 0.5) is 33.3 Å². The highest BCUT2D eigenvalue weighted by Crippen LogP contribution is 2.36. The lowest BCUT2D eigenvalue weighted by Crippen LogP contribution is -2.50. The monoisotopic (exact) mass is 491 g/mol. The molecule has 0 spiro atoms. The summed E-state index contributed by atoms with van der Waals surface area (Å²) < 4.78 is 67.5. The summed E-state index contributed by atoms with van der Waals surface area (Å²) in [4.78, 5) is 16.7. The van der Waals surface area contributed by atoms with Crippen molar-refractivity contribution in [1.82, 2.24) is 4.90 Å². The molecule has 2 aromatic carbocycles. The molecule has 1 heterocycles. The van der Waals surface area contributed by atoms with Crippen LogP contribution in [0.2, 0.25) is 0 Å². The third kappa shape index (κ3) is 4.75. The summed E-state index contributed by atoms with van der Waals surface area (Å²) in [6.07, 6.45) is -4.91. The van der Waals surface area contributed by atoms with E-state index in [4.69, 9.17) is 0 Å². The lowest BCUT2D eigenvalue weighted by Gasteiger charge is -2.39. The second-order valence-corrected chi connectivity index (χ2v) is 8.06. The van der Waals surface area contributed by atoms with Crippen molar-refractivity contribution in [2.75, 3.05) is 36.9 Å². The Balaban J connectivity index is 1.98. The molecule has 0 aromatic heterocycles. The van der Waals surface area contributed by atoms with Gasteiger partial charge in [0, 0.05) is 31.7 Å². The van der Waals surface area contributed by atoms with Gasteiger partial charge < -0.3 is 15.1 Å². The smallest absolute Gasteiger partial charge is 0.367 e. The Bertz CT molecular complexity index is 966. The van der Waals surface area contributed by atoms with E-state index in [0.717, 1.165) is 12.1 Å². The van der Waals surface area contributed by atoms with Gasteiger partial charge in [-0.15, -0.1) is 0 Å². The van der Waals surface area contributed by atoms with E-state index in [1.54, 1.807) is 0 Å². The van der Waals surface area contributed by atoms with E-state index >= 15 is 0 Å². The van der Waals surface area contributed by atoms with Gasteiger partial charge in [0.05, 0.1) is 27.0 Å². The van der Waals surface area contributed by atoms with Gasteiger partial charge in [-0.1, -0.05) is 0 Å². The highest BCUT2D eigenvalue weighted by molar-refractivity contribution is 9.10. The molecular weight excluding hydrogens is 473 g/mol. The summed E-state index contributed by atoms with van der Waals surface area (Å²) in [6.45, 7) is 3.79. The fraction of sp³-hybridized carbons (Fsp3) is 0.350. The number of rotatable bonds is 3. The van der Waals surface area contributed by atoms with Gasteiger partial charge in [-0.3, -0.25) is 4.79 Å². The van der Waals surface area contributed by atoms with Crippen molar-refractivity contribution in [3.05, 3.63) is 57.6 Å². The molecule has 0 unspecified atom stereocenters. The quantitative estimate of drug-likeness (QED) is 0.604. The van der Waals surface area contributed by atoms with Crippen LogP contribution >= 0.6 is 15.9 Å². The van der Waals surface area contributed by atoms with Crippen LogP contribution in [0, 0.1) is 11.6 Å². The maximum atomic E-state index is 14.2. The molecule has 1 atom stereocenters. The molecule has 0 bridgehead atoms. The first kappa shape index (κ1) is 22.5. The predicted octanol–water partition coefficient (Wildman–Crippen LogP) is 5.14. The number of halogens is 6. The largest absolute Gasteiger partial charge is 0.417 e. The lowest BCUT2D eigenvalue weighted by atomic mass is 10.1. The lowest BCUT2D eigenvalue weighted by molar-refractivity contribution is -0.138. The third-order valence-corrected chi connectivity index (χ3v) is 5.73. The van der Waals surface area contributed by atoms with E-state index in [1.165, 1.54) is 12.1 Å². The number of piperazine rings is 1. The maximum Gasteiger partial charge on any atom is 0.417 e. The van der Waals surface area contributed by atoms with E-state index in [9.17, 15) is 26.7 Å². The van der Waals surface area contributed by atoms with E-state index < -0.39 is 34.8 Å². The molecule has 2 aromatic rings. The van der Waals surface area contributed by atoms with Crippen molar-refractivity contribution in [1.29, 1.82) is 0 Å². The van der Waals surface area contributed by atoms with E-state index in [-0.39, 0.29) is 22.3 Å². The van der Waals surface area contributed by atoms with Crippen molar-refractivity contribution in [3.63, 3.8) is 0 Å². The van der Waals surface area contributed by atoms with Gasteiger partial charge in [-0.25, -0.2) is 8.78 Å². The van der Waals surface area contributed by atoms with Crippen LogP contribution in [0.15, 0.2) is 34.8 Å². The van der Waals surface area contributed by atoms with E-state index in [2.05, 4.69) is 26.1 Å². The molecule has 1 N–H and O–H groups in total. The summed E-state index contributed by atoms with van der Waals surface area (Å²) >= 11 is 3.04. The third-order valence-electron chi connectivity index (χ3n) is 5.12. The molecule has 0 aliphatic carbocycles. The number of likely N-dealkylation sites (N-methyl/N-ethyl adjacent to an activating group) is 1. The van der Waals surface area contributed by atoms with Crippen LogP contribution in [-0.4, -0.2) is 43.5 Å². The van der Waals surface area contributed by atoms with Gasteiger partial charge in [0.25, 0.3) is 5.91 Å². The summed E-state index contributed by atoms with van der Waals surface area (Å²) in [5, 5.41) is 2.44. The number of amides is 1. The first-order chi connectivity index (χ1) is 14.0. The predicted molar refractivity (Wildman–Crippen MR) is 108 cm³/mol.